The number of carboxylic acids is 1. The second-order valence-corrected chi connectivity index (χ2v) is 6.73. The van der Waals surface area contributed by atoms with Gasteiger partial charge in [0.05, 0.1) is 30.8 Å². The van der Waals surface area contributed by atoms with E-state index in [1.54, 1.807) is 12.4 Å². The van der Waals surface area contributed by atoms with Gasteiger partial charge in [0.2, 0.25) is 0 Å². The Bertz CT molecular complexity index is 845. The van der Waals surface area contributed by atoms with Gasteiger partial charge in [0.25, 0.3) is 0 Å². The Kier molecular flexibility index (Phi) is 6.99. The van der Waals surface area contributed by atoms with Crippen molar-refractivity contribution in [3.63, 3.8) is 0 Å². The molecule has 10 heteroatoms. The van der Waals surface area contributed by atoms with E-state index in [4.69, 9.17) is 14.6 Å². The minimum atomic E-state index is -4.73. The molecule has 2 aromatic rings. The van der Waals surface area contributed by atoms with Gasteiger partial charge < -0.3 is 24.2 Å². The van der Waals surface area contributed by atoms with Crippen LogP contribution >= 0.6 is 0 Å². The van der Waals surface area contributed by atoms with Crippen molar-refractivity contribution in [1.82, 2.24) is 4.98 Å². The third-order valence-electron chi connectivity index (χ3n) is 4.45. The normalized spacial score (nSPS) is 16.9. The van der Waals surface area contributed by atoms with Crippen LogP contribution in [0, 0.1) is 0 Å². The first kappa shape index (κ1) is 21.7. The lowest BCUT2D eigenvalue weighted by Crippen LogP contribution is -2.42. The summed E-state index contributed by atoms with van der Waals surface area (Å²) < 4.78 is 51.8. The monoisotopic (exact) mass is 426 g/mol. The Balaban J connectivity index is 1.56. The van der Waals surface area contributed by atoms with E-state index in [9.17, 15) is 18.0 Å². The topological polar surface area (TPSA) is 81.1 Å². The number of carboxylic acid groups (broad SMARTS) is 1. The average Bonchev–Trinajstić information content (AvgIpc) is 2.71. The molecule has 1 aliphatic rings. The van der Waals surface area contributed by atoms with Gasteiger partial charge in [0, 0.05) is 25.6 Å². The molecule has 1 atom stereocenters. The summed E-state index contributed by atoms with van der Waals surface area (Å²) in [4.78, 5) is 17.0. The van der Waals surface area contributed by atoms with Gasteiger partial charge in [0.1, 0.15) is 18.1 Å². The number of aromatic nitrogens is 1. The fraction of sp³-hybridized carbons (Fsp3) is 0.400. The first-order valence-electron chi connectivity index (χ1n) is 9.29. The van der Waals surface area contributed by atoms with Crippen LogP contribution in [-0.2, 0) is 16.1 Å². The maximum Gasteiger partial charge on any atom is 0.573 e. The highest BCUT2D eigenvalue weighted by molar-refractivity contribution is 5.66. The van der Waals surface area contributed by atoms with E-state index in [0.717, 1.165) is 5.69 Å². The van der Waals surface area contributed by atoms with Crippen molar-refractivity contribution in [3.05, 3.63) is 48.3 Å². The summed E-state index contributed by atoms with van der Waals surface area (Å²) in [6.45, 7) is 1.85. The maximum absolute atomic E-state index is 12.2. The molecule has 0 amide bonds. The second-order valence-electron chi connectivity index (χ2n) is 6.73. The van der Waals surface area contributed by atoms with Crippen LogP contribution < -0.4 is 14.4 Å². The highest BCUT2D eigenvalue weighted by atomic mass is 19.4. The van der Waals surface area contributed by atoms with Crippen molar-refractivity contribution >= 4 is 11.7 Å². The first-order valence-corrected chi connectivity index (χ1v) is 9.29. The van der Waals surface area contributed by atoms with Gasteiger partial charge in [0.15, 0.2) is 0 Å². The van der Waals surface area contributed by atoms with Gasteiger partial charge in [-0.2, -0.15) is 0 Å². The summed E-state index contributed by atoms with van der Waals surface area (Å²) in [5.41, 5.74) is 1.50. The summed E-state index contributed by atoms with van der Waals surface area (Å²) >= 11 is 0. The zero-order chi connectivity index (χ0) is 21.6. The number of hydrogen-bond donors (Lipinski definition) is 1. The van der Waals surface area contributed by atoms with Crippen molar-refractivity contribution in [2.24, 2.45) is 0 Å². The molecule has 1 aliphatic heterocycles. The smallest absolute Gasteiger partial charge is 0.487 e. The van der Waals surface area contributed by atoms with E-state index in [1.165, 1.54) is 24.3 Å². The number of nitrogens with zero attached hydrogens (tertiary/aromatic N) is 2. The molecule has 30 heavy (non-hydrogen) atoms. The molecule has 7 nitrogen and oxygen atoms in total. The molecule has 0 saturated carbocycles. The molecular weight excluding hydrogens is 405 g/mol. The van der Waals surface area contributed by atoms with Gasteiger partial charge in [-0.1, -0.05) is 12.1 Å². The van der Waals surface area contributed by atoms with Gasteiger partial charge in [-0.25, -0.2) is 0 Å². The number of anilines is 1. The van der Waals surface area contributed by atoms with Crippen LogP contribution in [0.5, 0.6) is 11.5 Å². The lowest BCUT2D eigenvalue weighted by atomic mass is 10.1. The Labute approximate surface area is 171 Å². The third-order valence-corrected chi connectivity index (χ3v) is 4.45. The number of carbonyl (C=O) groups is 1. The van der Waals surface area contributed by atoms with Crippen LogP contribution in [0.15, 0.2) is 42.7 Å². The summed E-state index contributed by atoms with van der Waals surface area (Å²) in [6, 6.07) is 7.26. The van der Waals surface area contributed by atoms with Crippen LogP contribution in [-0.4, -0.2) is 48.2 Å². The van der Waals surface area contributed by atoms with Crippen molar-refractivity contribution in [1.29, 1.82) is 0 Å². The zero-order valence-electron chi connectivity index (χ0n) is 16.0. The van der Waals surface area contributed by atoms with Crippen LogP contribution in [0.25, 0.3) is 0 Å². The van der Waals surface area contributed by atoms with Gasteiger partial charge >= 0.3 is 12.3 Å². The van der Waals surface area contributed by atoms with Gasteiger partial charge in [-0.3, -0.25) is 9.78 Å². The fourth-order valence-electron chi connectivity index (χ4n) is 3.03. The van der Waals surface area contributed by atoms with Crippen LogP contribution in [0.1, 0.15) is 18.4 Å². The number of morpholine rings is 1. The summed E-state index contributed by atoms with van der Waals surface area (Å²) in [7, 11) is 0. The SMILES string of the molecule is O=C(O)CC[C@H]1CN(c2cncc(OCc3ccc(OC(F)(F)F)cc3)c2)CCO1. The first-order chi connectivity index (χ1) is 14.3. The lowest BCUT2D eigenvalue weighted by Gasteiger charge is -2.34. The Hall–Kier alpha value is -3.01. The average molecular weight is 426 g/mol. The highest BCUT2D eigenvalue weighted by Crippen LogP contribution is 2.25. The number of benzene rings is 1. The molecule has 2 heterocycles. The second kappa shape index (κ2) is 9.66. The molecule has 0 spiro atoms. The van der Waals surface area contributed by atoms with E-state index in [0.29, 0.717) is 37.4 Å². The number of hydrogen-bond acceptors (Lipinski definition) is 6. The highest BCUT2D eigenvalue weighted by Gasteiger charge is 2.31. The largest absolute Gasteiger partial charge is 0.573 e. The minimum Gasteiger partial charge on any atom is -0.487 e. The third kappa shape index (κ3) is 6.80. The molecule has 1 aromatic carbocycles. The number of halogens is 3. The van der Waals surface area contributed by atoms with Crippen molar-refractivity contribution in [2.75, 3.05) is 24.6 Å². The van der Waals surface area contributed by atoms with E-state index in [1.807, 2.05) is 6.07 Å². The molecule has 1 N–H and O–H groups in total. The quantitative estimate of drug-likeness (QED) is 0.690. The summed E-state index contributed by atoms with van der Waals surface area (Å²) in [5, 5.41) is 8.83. The molecule has 3 rings (SSSR count). The molecule has 0 unspecified atom stereocenters. The number of aliphatic carboxylic acids is 1. The number of pyridine rings is 1. The lowest BCUT2D eigenvalue weighted by molar-refractivity contribution is -0.274. The van der Waals surface area contributed by atoms with Crippen LogP contribution in [0.2, 0.25) is 0 Å². The minimum absolute atomic E-state index is 0.0483. The fourth-order valence-corrected chi connectivity index (χ4v) is 3.03. The molecule has 0 bridgehead atoms. The van der Waals surface area contributed by atoms with E-state index in [2.05, 4.69) is 14.6 Å². The number of rotatable bonds is 8. The Morgan fingerprint density at radius 1 is 1.23 bits per heavy atom. The molecule has 1 fully saturated rings. The molecule has 162 valence electrons. The van der Waals surface area contributed by atoms with E-state index in [-0.39, 0.29) is 24.9 Å². The van der Waals surface area contributed by atoms with Crippen LogP contribution in [0.4, 0.5) is 18.9 Å². The van der Waals surface area contributed by atoms with E-state index < -0.39 is 12.3 Å². The van der Waals surface area contributed by atoms with Crippen molar-refractivity contribution in [3.8, 4) is 11.5 Å². The zero-order valence-corrected chi connectivity index (χ0v) is 16.0. The number of ether oxygens (including phenoxy) is 3. The predicted molar refractivity (Wildman–Crippen MR) is 101 cm³/mol. The van der Waals surface area contributed by atoms with Gasteiger partial charge in [-0.05, 0) is 24.1 Å². The Morgan fingerprint density at radius 2 is 2.00 bits per heavy atom. The summed E-state index contributed by atoms with van der Waals surface area (Å²) in [6.07, 6.45) is -1.17. The molecule has 1 saturated heterocycles. The molecular formula is C20H21F3N2O5. The molecule has 0 aliphatic carbocycles. The molecule has 0 radical (unpaired) electrons. The maximum atomic E-state index is 12.2. The van der Waals surface area contributed by atoms with Crippen molar-refractivity contribution < 1.29 is 37.3 Å². The standard InChI is InChI=1S/C20H21F3N2O5/c21-20(22,23)30-16-3-1-14(2-4-16)13-29-18-9-15(10-24-11-18)25-7-8-28-17(12-25)5-6-19(26)27/h1-4,9-11,17H,5-8,12-13H2,(H,26,27)/t17-/m0/s1. The van der Waals surface area contributed by atoms with Gasteiger partial charge in [-0.15, -0.1) is 13.2 Å². The summed E-state index contributed by atoms with van der Waals surface area (Å²) in [5.74, 6) is -0.637. The van der Waals surface area contributed by atoms with Crippen molar-refractivity contribution in [2.45, 2.75) is 31.9 Å². The Morgan fingerprint density at radius 3 is 2.70 bits per heavy atom. The van der Waals surface area contributed by atoms with E-state index >= 15 is 0 Å². The predicted octanol–water partition coefficient (Wildman–Crippen LogP) is 3.63. The van der Waals surface area contributed by atoms with Crippen LogP contribution in [0.3, 0.4) is 0 Å². The molecule has 1 aromatic heterocycles. The number of alkyl halides is 3.